The third kappa shape index (κ3) is 5.20. The zero-order chi connectivity index (χ0) is 18.5. The highest BCUT2D eigenvalue weighted by Crippen LogP contribution is 2.29. The van der Waals surface area contributed by atoms with E-state index >= 15 is 0 Å². The normalized spacial score (nSPS) is 20.0. The molecule has 1 aromatic carbocycles. The van der Waals surface area contributed by atoms with E-state index < -0.39 is 0 Å². The first-order valence-electron chi connectivity index (χ1n) is 9.11. The van der Waals surface area contributed by atoms with Crippen LogP contribution < -0.4 is 10.6 Å². The van der Waals surface area contributed by atoms with Crippen molar-refractivity contribution in [1.82, 2.24) is 15.5 Å². The average molecular weight is 391 g/mol. The average Bonchev–Trinajstić information content (AvgIpc) is 3.05. The van der Waals surface area contributed by atoms with Crippen molar-refractivity contribution in [3.05, 3.63) is 29.3 Å². The Bertz CT molecular complexity index is 762. The molecule has 1 fully saturated rings. The lowest BCUT2D eigenvalue weighted by atomic mass is 9.86. The number of aryl methyl sites for hydroxylation is 2. The second-order valence-electron chi connectivity index (χ2n) is 7.04. The summed E-state index contributed by atoms with van der Waals surface area (Å²) in [6.45, 7) is 6.38. The van der Waals surface area contributed by atoms with Crippen LogP contribution in [-0.4, -0.2) is 27.9 Å². The zero-order valence-electron chi connectivity index (χ0n) is 15.5. The van der Waals surface area contributed by atoms with Gasteiger partial charge in [-0.25, -0.2) is 0 Å². The van der Waals surface area contributed by atoms with Gasteiger partial charge >= 0.3 is 0 Å². The van der Waals surface area contributed by atoms with Crippen LogP contribution in [0.5, 0.6) is 0 Å². The maximum absolute atomic E-state index is 12.2. The first kappa shape index (κ1) is 19.2. The summed E-state index contributed by atoms with van der Waals surface area (Å²) in [4.78, 5) is 12.2. The van der Waals surface area contributed by atoms with E-state index in [9.17, 15) is 4.79 Å². The molecule has 5 nitrogen and oxygen atoms in total. The highest BCUT2D eigenvalue weighted by molar-refractivity contribution is 8.01. The minimum Gasteiger partial charge on any atom is -0.352 e. The minimum absolute atomic E-state index is 0.0906. The predicted octanol–water partition coefficient (Wildman–Crippen LogP) is 4.69. The smallest absolute Gasteiger partial charge is 0.230 e. The largest absolute Gasteiger partial charge is 0.352 e. The molecule has 1 heterocycles. The summed E-state index contributed by atoms with van der Waals surface area (Å²) >= 11 is 2.93. The molecule has 0 spiro atoms. The number of hydrogen-bond donors (Lipinski definition) is 2. The maximum atomic E-state index is 12.2. The molecule has 0 unspecified atom stereocenters. The van der Waals surface area contributed by atoms with Gasteiger partial charge in [-0.3, -0.25) is 4.79 Å². The Hall–Kier alpha value is -1.60. The Labute approximate surface area is 163 Å². The summed E-state index contributed by atoms with van der Waals surface area (Å²) in [7, 11) is 0. The minimum atomic E-state index is 0.0906. The van der Waals surface area contributed by atoms with Crippen LogP contribution in [0.4, 0.5) is 10.8 Å². The summed E-state index contributed by atoms with van der Waals surface area (Å²) in [5, 5.41) is 15.6. The lowest BCUT2D eigenvalue weighted by Crippen LogP contribution is -2.41. The number of aromatic nitrogens is 2. The molecule has 1 aliphatic carbocycles. The van der Waals surface area contributed by atoms with Gasteiger partial charge < -0.3 is 10.6 Å². The summed E-state index contributed by atoms with van der Waals surface area (Å²) in [5.41, 5.74) is 3.45. The molecule has 2 N–H and O–H groups in total. The van der Waals surface area contributed by atoms with Crippen LogP contribution in [0.15, 0.2) is 22.5 Å². The van der Waals surface area contributed by atoms with Crippen molar-refractivity contribution in [2.45, 2.75) is 56.8 Å². The second-order valence-corrected chi connectivity index (χ2v) is 9.24. The number of rotatable bonds is 6. The van der Waals surface area contributed by atoms with E-state index in [4.69, 9.17) is 0 Å². The van der Waals surface area contributed by atoms with Crippen molar-refractivity contribution in [3.8, 4) is 0 Å². The molecule has 7 heteroatoms. The van der Waals surface area contributed by atoms with Gasteiger partial charge in [-0.05, 0) is 44.2 Å². The molecule has 0 radical (unpaired) electrons. The van der Waals surface area contributed by atoms with Gasteiger partial charge in [-0.15, -0.1) is 10.2 Å². The third-order valence-electron chi connectivity index (χ3n) is 4.81. The van der Waals surface area contributed by atoms with Crippen LogP contribution in [0.2, 0.25) is 0 Å². The molecule has 0 bridgehead atoms. The number of carbonyl (C=O) groups excluding carboxylic acids is 1. The highest BCUT2D eigenvalue weighted by atomic mass is 32.2. The molecular weight excluding hydrogens is 364 g/mol. The van der Waals surface area contributed by atoms with Crippen molar-refractivity contribution >= 4 is 39.8 Å². The molecule has 26 heavy (non-hydrogen) atoms. The SMILES string of the molecule is Cc1ccc(Nc2nnc(SCC(=O)N[C@@H]3CCCC[C@H]3C)s2)c(C)c1. The molecule has 140 valence electrons. The molecule has 1 saturated carbocycles. The number of nitrogens with zero attached hydrogens (tertiary/aromatic N) is 2. The van der Waals surface area contributed by atoms with Crippen LogP contribution in [0.3, 0.4) is 0 Å². The molecule has 3 rings (SSSR count). The quantitative estimate of drug-likeness (QED) is 0.701. The van der Waals surface area contributed by atoms with Crippen molar-refractivity contribution < 1.29 is 4.79 Å². The standard InChI is InChI=1S/C19H26N4OS2/c1-12-8-9-16(14(3)10-12)21-18-22-23-19(26-18)25-11-17(24)20-15-7-5-4-6-13(15)2/h8-10,13,15H,4-7,11H2,1-3H3,(H,20,24)(H,21,22)/t13-,15-/m1/s1. The fraction of sp³-hybridized carbons (Fsp3) is 0.526. The number of hydrogen-bond acceptors (Lipinski definition) is 6. The van der Waals surface area contributed by atoms with E-state index in [-0.39, 0.29) is 5.91 Å². The van der Waals surface area contributed by atoms with E-state index in [0.29, 0.717) is 17.7 Å². The van der Waals surface area contributed by atoms with Crippen LogP contribution >= 0.6 is 23.1 Å². The predicted molar refractivity (Wildman–Crippen MR) is 109 cm³/mol. The van der Waals surface area contributed by atoms with Gasteiger partial charge in [0.1, 0.15) is 0 Å². The molecule has 0 saturated heterocycles. The van der Waals surface area contributed by atoms with Crippen molar-refractivity contribution in [2.75, 3.05) is 11.1 Å². The van der Waals surface area contributed by atoms with Gasteiger partial charge in [-0.2, -0.15) is 0 Å². The van der Waals surface area contributed by atoms with Gasteiger partial charge in [0, 0.05) is 11.7 Å². The van der Waals surface area contributed by atoms with Crippen molar-refractivity contribution in [1.29, 1.82) is 0 Å². The lowest BCUT2D eigenvalue weighted by Gasteiger charge is -2.29. The van der Waals surface area contributed by atoms with E-state index in [1.807, 2.05) is 0 Å². The molecule has 1 amide bonds. The fourth-order valence-corrected chi connectivity index (χ4v) is 4.87. The first-order chi connectivity index (χ1) is 12.5. The van der Waals surface area contributed by atoms with Gasteiger partial charge in [0.15, 0.2) is 4.34 Å². The zero-order valence-corrected chi connectivity index (χ0v) is 17.2. The topological polar surface area (TPSA) is 66.9 Å². The molecule has 0 aliphatic heterocycles. The Morgan fingerprint density at radius 1 is 1.27 bits per heavy atom. The second kappa shape index (κ2) is 8.86. The lowest BCUT2D eigenvalue weighted by molar-refractivity contribution is -0.119. The number of benzene rings is 1. The molecule has 2 atom stereocenters. The van der Waals surface area contributed by atoms with Gasteiger partial charge in [0.05, 0.1) is 5.75 Å². The van der Waals surface area contributed by atoms with Gasteiger partial charge in [0.25, 0.3) is 0 Å². The summed E-state index contributed by atoms with van der Waals surface area (Å²) in [6.07, 6.45) is 4.80. The number of amides is 1. The number of carbonyl (C=O) groups is 1. The summed E-state index contributed by atoms with van der Waals surface area (Å²) in [5.74, 6) is 1.06. The Morgan fingerprint density at radius 2 is 2.08 bits per heavy atom. The van der Waals surface area contributed by atoms with Crippen molar-refractivity contribution in [3.63, 3.8) is 0 Å². The van der Waals surface area contributed by atoms with E-state index in [0.717, 1.165) is 21.6 Å². The molecular formula is C19H26N4OS2. The Kier molecular flexibility index (Phi) is 6.53. The third-order valence-corrected chi connectivity index (χ3v) is 6.79. The highest BCUT2D eigenvalue weighted by Gasteiger charge is 2.22. The molecule has 1 aliphatic rings. The Balaban J connectivity index is 1.49. The van der Waals surface area contributed by atoms with Gasteiger partial charge in [-0.1, -0.05) is 60.6 Å². The van der Waals surface area contributed by atoms with Crippen molar-refractivity contribution in [2.24, 2.45) is 5.92 Å². The van der Waals surface area contributed by atoms with Gasteiger partial charge in [0.2, 0.25) is 11.0 Å². The van der Waals surface area contributed by atoms with E-state index in [1.165, 1.54) is 53.5 Å². The fourth-order valence-electron chi connectivity index (χ4n) is 3.29. The first-order valence-corrected chi connectivity index (χ1v) is 10.9. The number of thioether (sulfide) groups is 1. The monoisotopic (exact) mass is 390 g/mol. The van der Waals surface area contributed by atoms with Crippen LogP contribution in [-0.2, 0) is 4.79 Å². The van der Waals surface area contributed by atoms with Crippen LogP contribution in [0.25, 0.3) is 0 Å². The summed E-state index contributed by atoms with van der Waals surface area (Å²) in [6, 6.07) is 6.59. The maximum Gasteiger partial charge on any atom is 0.230 e. The molecule has 2 aromatic rings. The number of anilines is 2. The van der Waals surface area contributed by atoms with E-state index in [2.05, 4.69) is 59.8 Å². The van der Waals surface area contributed by atoms with Crippen LogP contribution in [0, 0.1) is 19.8 Å². The number of nitrogens with one attached hydrogen (secondary N) is 2. The van der Waals surface area contributed by atoms with Crippen LogP contribution in [0.1, 0.15) is 43.7 Å². The van der Waals surface area contributed by atoms with E-state index in [1.54, 1.807) is 0 Å². The molecule has 1 aromatic heterocycles. The Morgan fingerprint density at radius 3 is 2.85 bits per heavy atom. The summed E-state index contributed by atoms with van der Waals surface area (Å²) < 4.78 is 0.809.